The zero-order valence-electron chi connectivity index (χ0n) is 29.7. The van der Waals surface area contributed by atoms with Gasteiger partial charge in [-0.3, -0.25) is 14.7 Å². The summed E-state index contributed by atoms with van der Waals surface area (Å²) in [6.45, 7) is 8.74. The van der Waals surface area contributed by atoms with Gasteiger partial charge in [0.15, 0.2) is 5.89 Å². The van der Waals surface area contributed by atoms with Gasteiger partial charge in [-0.15, -0.1) is 0 Å². The van der Waals surface area contributed by atoms with E-state index in [9.17, 15) is 14.7 Å². The molecule has 1 aliphatic heterocycles. The third-order valence-electron chi connectivity index (χ3n) is 11.1. The normalized spacial score (nSPS) is 24.9. The molecule has 3 aromatic heterocycles. The van der Waals surface area contributed by atoms with E-state index in [2.05, 4.69) is 31.9 Å². The van der Waals surface area contributed by atoms with Crippen molar-refractivity contribution < 1.29 is 23.8 Å². The van der Waals surface area contributed by atoms with Crippen molar-refractivity contribution >= 4 is 17.8 Å². The van der Waals surface area contributed by atoms with Crippen molar-refractivity contribution in [2.24, 2.45) is 17.8 Å². The van der Waals surface area contributed by atoms with Crippen LogP contribution < -0.4 is 9.64 Å². The van der Waals surface area contributed by atoms with Crippen LogP contribution >= 0.6 is 0 Å². The fourth-order valence-electron chi connectivity index (χ4n) is 8.18. The van der Waals surface area contributed by atoms with Crippen LogP contribution in [0, 0.1) is 24.7 Å². The molecule has 49 heavy (non-hydrogen) atoms. The number of pyridine rings is 2. The minimum Gasteiger partial charge on any atom is -0.495 e. The van der Waals surface area contributed by atoms with E-state index < -0.39 is 6.09 Å². The number of carboxylic acid groups (broad SMARTS) is 1. The molecule has 3 aliphatic rings. The molecule has 1 saturated heterocycles. The summed E-state index contributed by atoms with van der Waals surface area (Å²) >= 11 is 0. The van der Waals surface area contributed by atoms with E-state index in [0.29, 0.717) is 36.6 Å². The first-order valence-corrected chi connectivity index (χ1v) is 18.0. The van der Waals surface area contributed by atoms with Crippen LogP contribution in [0.5, 0.6) is 5.75 Å². The highest BCUT2D eigenvalue weighted by Gasteiger charge is 2.39. The number of amides is 2. The van der Waals surface area contributed by atoms with Crippen LogP contribution in [0.3, 0.4) is 0 Å². The second-order valence-corrected chi connectivity index (χ2v) is 14.7. The van der Waals surface area contributed by atoms with Crippen LogP contribution in [-0.2, 0) is 4.79 Å². The standard InChI is InChI=1S/C38H52N6O5/c1-24(2)36-41-32(23-49-36)30-16-17-39-35(20-30)44(21-26-6-8-27(9-7-26)31-14-15-34(48-5)25(3)40-31)37(45)29-12-10-28(11-13-29)33-22-42(4)18-19-43(33)38(46)47/h14-17,20,23-24,26-29,33H,6-13,18-19,21-22H2,1-5H3,(H,46,47)/t26-,27-,28-,29-,33?. The van der Waals surface area contributed by atoms with Gasteiger partial charge in [0.05, 0.1) is 18.8 Å². The van der Waals surface area contributed by atoms with Gasteiger partial charge in [0, 0.05) is 61.4 Å². The second-order valence-electron chi connectivity index (χ2n) is 14.7. The fourth-order valence-corrected chi connectivity index (χ4v) is 8.18. The molecule has 2 amide bonds. The number of oxazole rings is 1. The maximum absolute atomic E-state index is 14.5. The van der Waals surface area contributed by atoms with Gasteiger partial charge in [0.25, 0.3) is 0 Å². The molecule has 2 saturated carbocycles. The maximum atomic E-state index is 14.5. The molecule has 0 aromatic carbocycles. The molecule has 1 unspecified atom stereocenters. The van der Waals surface area contributed by atoms with E-state index in [1.807, 2.05) is 30.0 Å². The molecule has 6 rings (SSSR count). The molecule has 264 valence electrons. The number of ether oxygens (including phenoxy) is 1. The first-order chi connectivity index (χ1) is 23.6. The molecule has 2 aliphatic carbocycles. The lowest BCUT2D eigenvalue weighted by molar-refractivity contribution is -0.124. The smallest absolute Gasteiger partial charge is 0.407 e. The maximum Gasteiger partial charge on any atom is 0.407 e. The first-order valence-electron chi connectivity index (χ1n) is 18.0. The number of nitrogens with zero attached hydrogens (tertiary/aromatic N) is 6. The van der Waals surface area contributed by atoms with Gasteiger partial charge < -0.3 is 24.1 Å². The number of hydrogen-bond donors (Lipinski definition) is 1. The van der Waals surface area contributed by atoms with Crippen LogP contribution in [0.1, 0.15) is 94.3 Å². The Labute approximate surface area is 290 Å². The predicted octanol–water partition coefficient (Wildman–Crippen LogP) is 6.98. The number of piperazine rings is 1. The summed E-state index contributed by atoms with van der Waals surface area (Å²) < 4.78 is 11.2. The summed E-state index contributed by atoms with van der Waals surface area (Å²) in [5.41, 5.74) is 3.65. The lowest BCUT2D eigenvalue weighted by Crippen LogP contribution is -2.57. The Kier molecular flexibility index (Phi) is 10.9. The summed E-state index contributed by atoms with van der Waals surface area (Å²) in [4.78, 5) is 46.7. The van der Waals surface area contributed by atoms with Crippen molar-refractivity contribution in [2.75, 3.05) is 45.2 Å². The average Bonchev–Trinajstić information content (AvgIpc) is 3.62. The van der Waals surface area contributed by atoms with Gasteiger partial charge in [0.2, 0.25) is 5.91 Å². The molecule has 1 atom stereocenters. The molecular formula is C38H52N6O5. The molecule has 3 aromatic rings. The Morgan fingerprint density at radius 2 is 1.80 bits per heavy atom. The number of anilines is 1. The molecule has 4 heterocycles. The van der Waals surface area contributed by atoms with Crippen LogP contribution in [0.2, 0.25) is 0 Å². The Morgan fingerprint density at radius 3 is 2.45 bits per heavy atom. The third-order valence-corrected chi connectivity index (χ3v) is 11.1. The quantitative estimate of drug-likeness (QED) is 0.256. The van der Waals surface area contributed by atoms with Gasteiger partial charge in [0.1, 0.15) is 23.5 Å². The van der Waals surface area contributed by atoms with Crippen molar-refractivity contribution in [3.63, 3.8) is 0 Å². The highest BCUT2D eigenvalue weighted by molar-refractivity contribution is 5.94. The summed E-state index contributed by atoms with van der Waals surface area (Å²) in [5, 5.41) is 9.89. The number of carbonyl (C=O) groups is 2. The van der Waals surface area contributed by atoms with Gasteiger partial charge in [-0.1, -0.05) is 13.8 Å². The van der Waals surface area contributed by atoms with Crippen LogP contribution in [0.25, 0.3) is 11.3 Å². The second kappa shape index (κ2) is 15.3. The summed E-state index contributed by atoms with van der Waals surface area (Å²) in [6, 6.07) is 7.98. The zero-order valence-corrected chi connectivity index (χ0v) is 29.7. The van der Waals surface area contributed by atoms with Gasteiger partial charge in [-0.05, 0) is 101 Å². The highest BCUT2D eigenvalue weighted by Crippen LogP contribution is 2.39. The lowest BCUT2D eigenvalue weighted by atomic mass is 9.76. The lowest BCUT2D eigenvalue weighted by Gasteiger charge is -2.44. The van der Waals surface area contributed by atoms with E-state index in [4.69, 9.17) is 24.1 Å². The van der Waals surface area contributed by atoms with Crippen molar-refractivity contribution in [3.8, 4) is 17.0 Å². The number of hydrogen-bond acceptors (Lipinski definition) is 8. The van der Waals surface area contributed by atoms with Gasteiger partial charge >= 0.3 is 6.09 Å². The van der Waals surface area contributed by atoms with E-state index in [1.165, 1.54) is 0 Å². The molecule has 0 bridgehead atoms. The van der Waals surface area contributed by atoms with Crippen molar-refractivity contribution in [1.29, 1.82) is 0 Å². The number of rotatable bonds is 9. The number of methoxy groups -OCH3 is 1. The Morgan fingerprint density at radius 1 is 1.04 bits per heavy atom. The SMILES string of the molecule is COc1ccc([C@H]2CC[C@H](CN(c3cc(-c4coc(C(C)C)n4)ccn3)C(=O)[C@H]3CC[C@H](C4CN(C)CCN4C(=O)O)CC3)CC2)nc1C. The molecule has 11 nitrogen and oxygen atoms in total. The molecular weight excluding hydrogens is 620 g/mol. The van der Waals surface area contributed by atoms with Crippen molar-refractivity contribution in [2.45, 2.75) is 90.0 Å². The summed E-state index contributed by atoms with van der Waals surface area (Å²) in [5.74, 6) is 3.32. The Bertz CT molecular complexity index is 1590. The Hall–Kier alpha value is -3.99. The molecule has 11 heteroatoms. The number of likely N-dealkylation sites (N-methyl/N-ethyl adjacent to an activating group) is 1. The van der Waals surface area contributed by atoms with E-state index in [0.717, 1.165) is 92.9 Å². The monoisotopic (exact) mass is 672 g/mol. The fraction of sp³-hybridized carbons (Fsp3) is 0.605. The van der Waals surface area contributed by atoms with Crippen molar-refractivity contribution in [1.82, 2.24) is 24.8 Å². The Balaban J connectivity index is 1.18. The zero-order chi connectivity index (χ0) is 34.7. The van der Waals surface area contributed by atoms with Gasteiger partial charge in [-0.25, -0.2) is 14.8 Å². The summed E-state index contributed by atoms with van der Waals surface area (Å²) in [7, 11) is 3.74. The van der Waals surface area contributed by atoms with E-state index in [1.54, 1.807) is 24.5 Å². The topological polar surface area (TPSA) is 125 Å². The first kappa shape index (κ1) is 34.9. The number of aromatic nitrogens is 3. The van der Waals surface area contributed by atoms with E-state index >= 15 is 0 Å². The number of aryl methyl sites for hydroxylation is 1. The average molecular weight is 673 g/mol. The van der Waals surface area contributed by atoms with Crippen LogP contribution in [0.15, 0.2) is 41.1 Å². The largest absolute Gasteiger partial charge is 0.495 e. The molecule has 1 N–H and O–H groups in total. The minimum absolute atomic E-state index is 0.0286. The third kappa shape index (κ3) is 7.92. The molecule has 3 fully saturated rings. The molecule has 0 radical (unpaired) electrons. The van der Waals surface area contributed by atoms with Crippen LogP contribution in [0.4, 0.5) is 10.6 Å². The van der Waals surface area contributed by atoms with E-state index in [-0.39, 0.29) is 29.7 Å². The minimum atomic E-state index is -0.839. The van der Waals surface area contributed by atoms with Crippen molar-refractivity contribution in [3.05, 3.63) is 54.0 Å². The summed E-state index contributed by atoms with van der Waals surface area (Å²) in [6.07, 6.45) is 9.87. The van der Waals surface area contributed by atoms with Crippen LogP contribution in [-0.4, -0.2) is 88.2 Å². The molecule has 0 spiro atoms. The number of carbonyl (C=O) groups excluding carboxylic acids is 1. The highest BCUT2D eigenvalue weighted by atomic mass is 16.5. The van der Waals surface area contributed by atoms with Gasteiger partial charge in [-0.2, -0.15) is 0 Å². The predicted molar refractivity (Wildman–Crippen MR) is 188 cm³/mol.